The van der Waals surface area contributed by atoms with Crippen LogP contribution < -0.4 is 0 Å². The second-order valence-electron chi connectivity index (χ2n) is 13.3. The molecule has 37 heavy (non-hydrogen) atoms. The topological polar surface area (TPSA) is 72.5 Å². The van der Waals surface area contributed by atoms with Crippen LogP contribution in [0.5, 0.6) is 0 Å². The van der Waals surface area contributed by atoms with Crippen molar-refractivity contribution in [3.8, 4) is 0 Å². The lowest BCUT2D eigenvalue weighted by atomic mass is 9.52. The van der Waals surface area contributed by atoms with E-state index in [0.717, 1.165) is 25.7 Å². The van der Waals surface area contributed by atoms with Crippen molar-refractivity contribution in [2.45, 2.75) is 109 Å². The van der Waals surface area contributed by atoms with E-state index in [1.807, 2.05) is 6.92 Å². The van der Waals surface area contributed by atoms with E-state index in [-0.39, 0.29) is 47.3 Å². The minimum atomic E-state index is -2.09. The normalized spacial score (nSPS) is 39.4. The van der Waals surface area contributed by atoms with Gasteiger partial charge < -0.3 is 28.1 Å². The van der Waals surface area contributed by atoms with E-state index in [2.05, 4.69) is 40.8 Å². The number of methoxy groups -OCH3 is 1. The molecule has 3 fully saturated rings. The lowest BCUT2D eigenvalue weighted by molar-refractivity contribution is -0.269. The lowest BCUT2D eigenvalue weighted by Crippen LogP contribution is -2.65. The van der Waals surface area contributed by atoms with E-state index in [1.54, 1.807) is 0 Å². The number of rotatable bonds is 5. The van der Waals surface area contributed by atoms with Gasteiger partial charge in [0.15, 0.2) is 20.4 Å². The minimum Gasteiger partial charge on any atom is -0.469 e. The zero-order valence-corrected chi connectivity index (χ0v) is 25.1. The van der Waals surface area contributed by atoms with Gasteiger partial charge in [0.2, 0.25) is 0 Å². The number of ether oxygens (including phenoxy) is 5. The Kier molecular flexibility index (Phi) is 7.51. The fraction of sp³-hybridized carbons (Fsp3) is 0.897. The molecule has 0 aromatic heterocycles. The van der Waals surface area contributed by atoms with Gasteiger partial charge in [0.05, 0.1) is 38.4 Å². The molecule has 8 atom stereocenters. The number of carbonyl (C=O) groups excluding carboxylic acids is 1. The van der Waals surface area contributed by atoms with Gasteiger partial charge >= 0.3 is 5.97 Å². The van der Waals surface area contributed by atoms with E-state index in [0.29, 0.717) is 32.2 Å². The Labute approximate surface area is 224 Å². The molecule has 2 saturated heterocycles. The first-order chi connectivity index (χ1) is 17.4. The van der Waals surface area contributed by atoms with E-state index >= 15 is 0 Å². The number of hydrogen-bond donors (Lipinski definition) is 0. The molecule has 210 valence electrons. The van der Waals surface area contributed by atoms with Gasteiger partial charge in [0, 0.05) is 25.4 Å². The van der Waals surface area contributed by atoms with Gasteiger partial charge in [-0.3, -0.25) is 4.79 Å². The highest BCUT2D eigenvalue weighted by molar-refractivity contribution is 6.74. The monoisotopic (exact) mass is 536 g/mol. The highest BCUT2D eigenvalue weighted by atomic mass is 28.4. The fourth-order valence-electron chi connectivity index (χ4n) is 7.75. The molecule has 0 radical (unpaired) electrons. The van der Waals surface area contributed by atoms with Crippen LogP contribution >= 0.6 is 0 Å². The number of hydrogen-bond acceptors (Lipinski definition) is 7. The summed E-state index contributed by atoms with van der Waals surface area (Å²) < 4.78 is 38.4. The Bertz CT molecular complexity index is 902. The maximum absolute atomic E-state index is 13.7. The maximum Gasteiger partial charge on any atom is 0.311 e. The average molecular weight is 537 g/mol. The van der Waals surface area contributed by atoms with Crippen LogP contribution in [0.4, 0.5) is 0 Å². The average Bonchev–Trinajstić information content (AvgIpc) is 3.29. The van der Waals surface area contributed by atoms with E-state index < -0.39 is 20.0 Å². The molecule has 5 rings (SSSR count). The summed E-state index contributed by atoms with van der Waals surface area (Å²) in [6.45, 7) is 17.4. The first kappa shape index (κ1) is 27.8. The van der Waals surface area contributed by atoms with E-state index in [9.17, 15) is 4.79 Å². The largest absolute Gasteiger partial charge is 0.469 e. The van der Waals surface area contributed by atoms with Crippen molar-refractivity contribution in [3.05, 3.63) is 11.1 Å². The highest BCUT2D eigenvalue weighted by Crippen LogP contribution is 2.62. The van der Waals surface area contributed by atoms with Crippen LogP contribution in [0.25, 0.3) is 0 Å². The Balaban J connectivity index is 1.63. The van der Waals surface area contributed by atoms with Crippen molar-refractivity contribution < 1.29 is 32.9 Å². The van der Waals surface area contributed by atoms with E-state index in [4.69, 9.17) is 28.1 Å². The Morgan fingerprint density at radius 3 is 2.51 bits per heavy atom. The van der Waals surface area contributed by atoms with Crippen molar-refractivity contribution in [1.82, 2.24) is 0 Å². The van der Waals surface area contributed by atoms with Crippen molar-refractivity contribution in [3.63, 3.8) is 0 Å². The third-order valence-electron chi connectivity index (χ3n) is 10.4. The molecule has 1 spiro atoms. The van der Waals surface area contributed by atoms with Crippen LogP contribution in [-0.4, -0.2) is 65.5 Å². The van der Waals surface area contributed by atoms with E-state index in [1.165, 1.54) is 18.3 Å². The Morgan fingerprint density at radius 2 is 1.89 bits per heavy atom. The molecule has 0 bridgehead atoms. The van der Waals surface area contributed by atoms with Gasteiger partial charge in [-0.05, 0) is 67.6 Å². The molecule has 0 aromatic rings. The van der Waals surface area contributed by atoms with Crippen molar-refractivity contribution in [2.75, 3.05) is 26.9 Å². The molecule has 7 nitrogen and oxygen atoms in total. The van der Waals surface area contributed by atoms with Crippen LogP contribution in [0.1, 0.15) is 66.7 Å². The Morgan fingerprint density at radius 1 is 1.19 bits per heavy atom. The fourth-order valence-corrected chi connectivity index (χ4v) is 9.16. The first-order valence-corrected chi connectivity index (χ1v) is 17.4. The zero-order chi connectivity index (χ0) is 26.8. The molecule has 5 aliphatic rings. The quantitative estimate of drug-likeness (QED) is 0.263. The van der Waals surface area contributed by atoms with Crippen molar-refractivity contribution >= 4 is 14.3 Å². The summed E-state index contributed by atoms with van der Waals surface area (Å²) in [6.07, 6.45) is 4.10. The smallest absolute Gasteiger partial charge is 0.311 e. The highest BCUT2D eigenvalue weighted by Gasteiger charge is 2.66. The molecule has 3 aliphatic carbocycles. The summed E-state index contributed by atoms with van der Waals surface area (Å²) in [7, 11) is -0.590. The molecule has 8 heteroatoms. The van der Waals surface area contributed by atoms with Crippen LogP contribution in [0.2, 0.25) is 18.1 Å². The second kappa shape index (κ2) is 10.0. The SMILES string of the molecule is CCO[C@H]1C[C@H]2CCCC3=C2[C@@H](O1)[C@H](C(=O)OC)[C@H]1[C@H](C)[C@@H](O[Si](C)(C)C(C)(C)C)CC2(OCCO2)[C@@H]31. The molecule has 0 unspecified atom stereocenters. The maximum atomic E-state index is 13.7. The van der Waals surface area contributed by atoms with Crippen molar-refractivity contribution in [2.24, 2.45) is 29.6 Å². The second-order valence-corrected chi connectivity index (χ2v) is 18.1. The zero-order valence-electron chi connectivity index (χ0n) is 24.1. The molecular formula is C29H48O7Si. The lowest BCUT2D eigenvalue weighted by Gasteiger charge is -2.60. The predicted molar refractivity (Wildman–Crippen MR) is 142 cm³/mol. The number of esters is 1. The summed E-state index contributed by atoms with van der Waals surface area (Å²) in [5, 5.41) is 0.0753. The third kappa shape index (κ3) is 4.57. The van der Waals surface area contributed by atoms with Gasteiger partial charge in [-0.1, -0.05) is 33.3 Å². The standard InChI is InChI=1S/C29H48O7Si/c1-9-32-21-15-18-11-10-12-19-23(18)26(35-21)24(27(30)31-6)22-17(2)20(36-37(7,8)28(3,4)5)16-29(25(19)22)33-13-14-34-29/h17-18,20-22,24-26H,9-16H2,1-8H3/t17-,18-,20+,21-,22-,24-,25+,26-/m1/s1. The summed E-state index contributed by atoms with van der Waals surface area (Å²) in [5.74, 6) is -0.979. The summed E-state index contributed by atoms with van der Waals surface area (Å²) in [4.78, 5) is 13.7. The van der Waals surface area contributed by atoms with Gasteiger partial charge in [-0.25, -0.2) is 0 Å². The van der Waals surface area contributed by atoms with Gasteiger partial charge in [0.1, 0.15) is 0 Å². The molecule has 2 aliphatic heterocycles. The van der Waals surface area contributed by atoms with Crippen LogP contribution in [0, 0.1) is 29.6 Å². The Hall–Kier alpha value is -0.773. The number of fused-ring (bicyclic) bond motifs is 3. The van der Waals surface area contributed by atoms with Gasteiger partial charge in [-0.2, -0.15) is 0 Å². The predicted octanol–water partition coefficient (Wildman–Crippen LogP) is 5.44. The number of carbonyl (C=O) groups is 1. The van der Waals surface area contributed by atoms with Crippen LogP contribution in [0.3, 0.4) is 0 Å². The summed E-state index contributed by atoms with van der Waals surface area (Å²) >= 11 is 0. The first-order valence-electron chi connectivity index (χ1n) is 14.5. The van der Waals surface area contributed by atoms with Gasteiger partial charge in [0.25, 0.3) is 0 Å². The molecular weight excluding hydrogens is 488 g/mol. The molecule has 0 N–H and O–H groups in total. The molecule has 2 heterocycles. The molecule has 1 saturated carbocycles. The minimum absolute atomic E-state index is 0.00894. The summed E-state index contributed by atoms with van der Waals surface area (Å²) in [5.41, 5.74) is 2.73. The summed E-state index contributed by atoms with van der Waals surface area (Å²) in [6, 6.07) is 0. The van der Waals surface area contributed by atoms with Crippen molar-refractivity contribution in [1.29, 1.82) is 0 Å². The third-order valence-corrected chi connectivity index (χ3v) is 14.9. The van der Waals surface area contributed by atoms with Crippen LogP contribution in [-0.2, 0) is 32.9 Å². The molecule has 0 amide bonds. The van der Waals surface area contributed by atoms with Crippen LogP contribution in [0.15, 0.2) is 11.1 Å². The van der Waals surface area contributed by atoms with Gasteiger partial charge in [-0.15, -0.1) is 0 Å². The molecule has 0 aromatic carbocycles.